The standard InChI is InChI=1S/C28H31N5O2/c1-2-7-25-23(6-1)24-17-21(8-9-26(24)31-25)30-27-18-22(35-14-10-20-5-3-4-11-29-20)19-28(32-27)33-12-15-34-16-13-33/h3-5,8-9,11,17-19,31H,1-2,6-7,10,12-16H2,(H,30,32). The number of hydrogen-bond acceptors (Lipinski definition) is 6. The van der Waals surface area contributed by atoms with E-state index in [1.54, 1.807) is 0 Å². The number of H-pyrrole nitrogens is 1. The van der Waals surface area contributed by atoms with Crippen LogP contribution in [-0.2, 0) is 24.0 Å². The van der Waals surface area contributed by atoms with Crippen LogP contribution in [0.15, 0.2) is 54.7 Å². The van der Waals surface area contributed by atoms with Crippen molar-refractivity contribution in [3.63, 3.8) is 0 Å². The quantitative estimate of drug-likeness (QED) is 0.395. The number of nitrogens with one attached hydrogen (secondary N) is 2. The molecule has 1 aliphatic heterocycles. The van der Waals surface area contributed by atoms with Crippen molar-refractivity contribution in [3.05, 3.63) is 71.7 Å². The molecule has 0 spiro atoms. The van der Waals surface area contributed by atoms with Crippen LogP contribution in [0.1, 0.15) is 29.8 Å². The second-order valence-electron chi connectivity index (χ2n) is 9.24. The van der Waals surface area contributed by atoms with Gasteiger partial charge in [0.1, 0.15) is 17.4 Å². The van der Waals surface area contributed by atoms with Gasteiger partial charge in [0.15, 0.2) is 0 Å². The third-order valence-corrected chi connectivity index (χ3v) is 6.84. The number of aromatic amines is 1. The van der Waals surface area contributed by atoms with Crippen LogP contribution in [0.3, 0.4) is 0 Å². The van der Waals surface area contributed by atoms with Crippen molar-refractivity contribution >= 4 is 28.2 Å². The average Bonchev–Trinajstić information content (AvgIpc) is 3.28. The van der Waals surface area contributed by atoms with Crippen molar-refractivity contribution in [1.82, 2.24) is 15.0 Å². The molecule has 4 aromatic rings. The van der Waals surface area contributed by atoms with Gasteiger partial charge < -0.3 is 24.7 Å². The highest BCUT2D eigenvalue weighted by Crippen LogP contribution is 2.32. The summed E-state index contributed by atoms with van der Waals surface area (Å²) in [5.74, 6) is 2.50. The Bertz CT molecular complexity index is 1300. The van der Waals surface area contributed by atoms with Crippen LogP contribution in [0.4, 0.5) is 17.3 Å². The van der Waals surface area contributed by atoms with Gasteiger partial charge in [-0.15, -0.1) is 0 Å². The van der Waals surface area contributed by atoms with E-state index in [1.807, 2.05) is 36.5 Å². The minimum Gasteiger partial charge on any atom is -0.493 e. The van der Waals surface area contributed by atoms with Crippen LogP contribution in [0.5, 0.6) is 5.75 Å². The van der Waals surface area contributed by atoms with Gasteiger partial charge in [-0.1, -0.05) is 6.07 Å². The number of pyridine rings is 2. The Balaban J connectivity index is 1.25. The molecular formula is C28H31N5O2. The van der Waals surface area contributed by atoms with Crippen molar-refractivity contribution in [2.45, 2.75) is 32.1 Å². The highest BCUT2D eigenvalue weighted by molar-refractivity contribution is 5.88. The van der Waals surface area contributed by atoms with E-state index in [-0.39, 0.29) is 0 Å². The summed E-state index contributed by atoms with van der Waals surface area (Å²) in [6.07, 6.45) is 7.41. The normalized spacial score (nSPS) is 15.7. The minimum atomic E-state index is 0.560. The van der Waals surface area contributed by atoms with E-state index in [4.69, 9.17) is 14.5 Å². The molecule has 0 saturated carbocycles. The third kappa shape index (κ3) is 4.95. The zero-order valence-electron chi connectivity index (χ0n) is 19.9. The third-order valence-electron chi connectivity index (χ3n) is 6.84. The fourth-order valence-electron chi connectivity index (χ4n) is 5.04. The molecular weight excluding hydrogens is 438 g/mol. The van der Waals surface area contributed by atoms with Crippen molar-refractivity contribution in [2.24, 2.45) is 0 Å². The number of aryl methyl sites for hydroxylation is 2. The summed E-state index contributed by atoms with van der Waals surface area (Å²) in [5.41, 5.74) is 6.16. The molecule has 1 saturated heterocycles. The highest BCUT2D eigenvalue weighted by atomic mass is 16.5. The number of anilines is 3. The SMILES string of the molecule is c1ccc(CCOc2cc(Nc3ccc4[nH]c5c(c4c3)CCCC5)nc(N3CCOCC3)c2)nc1. The smallest absolute Gasteiger partial charge is 0.136 e. The van der Waals surface area contributed by atoms with Crippen LogP contribution in [0.25, 0.3) is 10.9 Å². The Hall–Kier alpha value is -3.58. The van der Waals surface area contributed by atoms with Gasteiger partial charge >= 0.3 is 0 Å². The lowest BCUT2D eigenvalue weighted by atomic mass is 9.95. The van der Waals surface area contributed by atoms with E-state index >= 15 is 0 Å². The second kappa shape index (κ2) is 9.96. The van der Waals surface area contributed by atoms with Crippen LogP contribution in [0.2, 0.25) is 0 Å². The molecule has 6 rings (SSSR count). The largest absolute Gasteiger partial charge is 0.493 e. The monoisotopic (exact) mass is 469 g/mol. The predicted molar refractivity (Wildman–Crippen MR) is 139 cm³/mol. The van der Waals surface area contributed by atoms with E-state index in [1.165, 1.54) is 35.0 Å². The predicted octanol–water partition coefficient (Wildman–Crippen LogP) is 5.04. The van der Waals surface area contributed by atoms with Gasteiger partial charge in [-0.2, -0.15) is 0 Å². The number of hydrogen-bond donors (Lipinski definition) is 2. The molecule has 0 amide bonds. The topological polar surface area (TPSA) is 75.3 Å². The molecule has 1 fully saturated rings. The number of ether oxygens (including phenoxy) is 2. The summed E-state index contributed by atoms with van der Waals surface area (Å²) in [7, 11) is 0. The zero-order chi connectivity index (χ0) is 23.5. The Morgan fingerprint density at radius 2 is 1.94 bits per heavy atom. The average molecular weight is 470 g/mol. The summed E-state index contributed by atoms with van der Waals surface area (Å²) < 4.78 is 11.7. The van der Waals surface area contributed by atoms with Gasteiger partial charge in [-0.05, 0) is 61.6 Å². The number of nitrogens with zero attached hydrogens (tertiary/aromatic N) is 3. The van der Waals surface area contributed by atoms with E-state index in [0.29, 0.717) is 19.8 Å². The van der Waals surface area contributed by atoms with Gasteiger partial charge in [0.05, 0.1) is 19.8 Å². The lowest BCUT2D eigenvalue weighted by Crippen LogP contribution is -2.36. The molecule has 1 aromatic carbocycles. The molecule has 0 bridgehead atoms. The van der Waals surface area contributed by atoms with Crippen molar-refractivity contribution in [3.8, 4) is 5.75 Å². The molecule has 7 heteroatoms. The lowest BCUT2D eigenvalue weighted by molar-refractivity contribution is 0.122. The molecule has 4 heterocycles. The summed E-state index contributed by atoms with van der Waals surface area (Å²) in [6.45, 7) is 3.63. The van der Waals surface area contributed by atoms with Crippen LogP contribution < -0.4 is 15.0 Å². The molecule has 180 valence electrons. The first kappa shape index (κ1) is 21.9. The second-order valence-corrected chi connectivity index (χ2v) is 9.24. The van der Waals surface area contributed by atoms with Crippen molar-refractivity contribution in [2.75, 3.05) is 43.1 Å². The number of morpholine rings is 1. The van der Waals surface area contributed by atoms with E-state index in [9.17, 15) is 0 Å². The number of benzene rings is 1. The van der Waals surface area contributed by atoms with E-state index in [0.717, 1.165) is 61.1 Å². The lowest BCUT2D eigenvalue weighted by Gasteiger charge is -2.28. The van der Waals surface area contributed by atoms with Crippen LogP contribution >= 0.6 is 0 Å². The van der Waals surface area contributed by atoms with E-state index < -0.39 is 0 Å². The summed E-state index contributed by atoms with van der Waals surface area (Å²) in [4.78, 5) is 15.2. The van der Waals surface area contributed by atoms with Gasteiger partial charge in [0, 0.05) is 65.8 Å². The van der Waals surface area contributed by atoms with Crippen molar-refractivity contribution < 1.29 is 9.47 Å². The van der Waals surface area contributed by atoms with Crippen LogP contribution in [-0.4, -0.2) is 47.9 Å². The minimum absolute atomic E-state index is 0.560. The molecule has 0 unspecified atom stereocenters. The van der Waals surface area contributed by atoms with Gasteiger partial charge in [0.2, 0.25) is 0 Å². The Kier molecular flexibility index (Phi) is 6.24. The molecule has 7 nitrogen and oxygen atoms in total. The maximum Gasteiger partial charge on any atom is 0.136 e. The van der Waals surface area contributed by atoms with Gasteiger partial charge in [-0.25, -0.2) is 4.98 Å². The molecule has 1 aliphatic carbocycles. The molecule has 0 atom stereocenters. The first-order valence-electron chi connectivity index (χ1n) is 12.6. The Labute approximate surface area is 205 Å². The molecule has 2 N–H and O–H groups in total. The van der Waals surface area contributed by atoms with E-state index in [2.05, 4.69) is 38.4 Å². The first-order chi connectivity index (χ1) is 17.3. The summed E-state index contributed by atoms with van der Waals surface area (Å²) in [5, 5.41) is 4.87. The fourth-order valence-corrected chi connectivity index (χ4v) is 5.04. The molecule has 0 radical (unpaired) electrons. The number of aromatic nitrogens is 3. The van der Waals surface area contributed by atoms with Gasteiger partial charge in [0.25, 0.3) is 0 Å². The Morgan fingerprint density at radius 1 is 1.03 bits per heavy atom. The molecule has 2 aliphatic rings. The zero-order valence-corrected chi connectivity index (χ0v) is 19.9. The maximum atomic E-state index is 6.17. The maximum absolute atomic E-state index is 6.17. The van der Waals surface area contributed by atoms with Crippen LogP contribution in [0, 0.1) is 0 Å². The molecule has 35 heavy (non-hydrogen) atoms. The number of fused-ring (bicyclic) bond motifs is 3. The Morgan fingerprint density at radius 3 is 2.83 bits per heavy atom. The summed E-state index contributed by atoms with van der Waals surface area (Å²) in [6, 6.07) is 16.5. The number of rotatable bonds is 7. The fraction of sp³-hybridized carbons (Fsp3) is 0.357. The van der Waals surface area contributed by atoms with Crippen molar-refractivity contribution in [1.29, 1.82) is 0 Å². The molecule has 3 aromatic heterocycles. The highest BCUT2D eigenvalue weighted by Gasteiger charge is 2.17. The summed E-state index contributed by atoms with van der Waals surface area (Å²) >= 11 is 0. The van der Waals surface area contributed by atoms with Gasteiger partial charge in [-0.3, -0.25) is 4.98 Å². The first-order valence-corrected chi connectivity index (χ1v) is 12.6.